The third-order valence-electron chi connectivity index (χ3n) is 6.58. The molecule has 2 saturated heterocycles. The fourth-order valence-corrected chi connectivity index (χ4v) is 4.91. The minimum atomic E-state index is -4.49. The molecule has 1 aromatic heterocycles. The number of aromatic nitrogens is 2. The number of amides is 2. The Labute approximate surface area is 194 Å². The summed E-state index contributed by atoms with van der Waals surface area (Å²) in [5.41, 5.74) is 0.263. The average molecular weight is 477 g/mol. The standard InChI is InChI=1S/C23H26F3N5O3/c24-23(25,26)14-6-3-7-15(10-14)28-22(32)31-18-12-34-19-17(11-33-20(18)19)30-21-27-9-8-16(29-21)13-4-1-2-5-13/h3,6-10,13,17-20H,1-2,4-5,11-12H2,(H,27,29,30)(H2,28,31,32). The molecule has 3 heterocycles. The largest absolute Gasteiger partial charge is 0.416 e. The van der Waals surface area contributed by atoms with Crippen LogP contribution in [-0.2, 0) is 15.7 Å². The zero-order valence-corrected chi connectivity index (χ0v) is 18.3. The first-order chi connectivity index (χ1) is 16.4. The Morgan fingerprint density at radius 1 is 1.03 bits per heavy atom. The van der Waals surface area contributed by atoms with Crippen molar-refractivity contribution in [3.8, 4) is 0 Å². The molecule has 1 aliphatic carbocycles. The zero-order valence-electron chi connectivity index (χ0n) is 18.3. The number of hydrogen-bond acceptors (Lipinski definition) is 6. The number of alkyl halides is 3. The quantitative estimate of drug-likeness (QED) is 0.604. The fourth-order valence-electron chi connectivity index (χ4n) is 4.91. The highest BCUT2D eigenvalue weighted by Crippen LogP contribution is 2.34. The molecule has 2 aromatic rings. The summed E-state index contributed by atoms with van der Waals surface area (Å²) in [6, 6.07) is 5.20. The van der Waals surface area contributed by atoms with Gasteiger partial charge in [0.2, 0.25) is 5.95 Å². The highest BCUT2D eigenvalue weighted by molar-refractivity contribution is 5.89. The van der Waals surface area contributed by atoms with Crippen LogP contribution in [0.3, 0.4) is 0 Å². The Hall–Kier alpha value is -2.92. The SMILES string of the molecule is O=C(Nc1cccc(C(F)(F)F)c1)NC1COC2C(Nc3nccc(C4CCCC4)n3)COC12. The maximum atomic E-state index is 12.9. The van der Waals surface area contributed by atoms with Crippen molar-refractivity contribution in [2.75, 3.05) is 23.8 Å². The van der Waals surface area contributed by atoms with Crippen LogP contribution in [0.15, 0.2) is 36.5 Å². The molecule has 11 heteroatoms. The van der Waals surface area contributed by atoms with E-state index in [2.05, 4.69) is 25.9 Å². The summed E-state index contributed by atoms with van der Waals surface area (Å²) in [5.74, 6) is 1.00. The number of urea groups is 1. The summed E-state index contributed by atoms with van der Waals surface area (Å²) in [5, 5.41) is 8.50. The van der Waals surface area contributed by atoms with Crippen LogP contribution < -0.4 is 16.0 Å². The zero-order chi connectivity index (χ0) is 23.7. The van der Waals surface area contributed by atoms with Crippen molar-refractivity contribution in [3.63, 3.8) is 0 Å². The number of carbonyl (C=O) groups excluding carboxylic acids is 1. The highest BCUT2D eigenvalue weighted by Gasteiger charge is 2.48. The van der Waals surface area contributed by atoms with Gasteiger partial charge in [0.25, 0.3) is 0 Å². The first kappa shape index (κ1) is 22.9. The van der Waals surface area contributed by atoms with Gasteiger partial charge in [-0.3, -0.25) is 0 Å². The number of rotatable bonds is 5. The van der Waals surface area contributed by atoms with Crippen LogP contribution in [0.4, 0.5) is 29.6 Å². The smallest absolute Gasteiger partial charge is 0.371 e. The van der Waals surface area contributed by atoms with Crippen molar-refractivity contribution < 1.29 is 27.4 Å². The van der Waals surface area contributed by atoms with E-state index in [4.69, 9.17) is 9.47 Å². The van der Waals surface area contributed by atoms with E-state index in [1.54, 1.807) is 6.20 Å². The number of benzene rings is 1. The number of halogens is 3. The second kappa shape index (κ2) is 9.38. The molecule has 3 N–H and O–H groups in total. The van der Waals surface area contributed by atoms with E-state index in [1.807, 2.05) is 6.07 Å². The molecule has 2 aliphatic heterocycles. The molecule has 0 spiro atoms. The molecule has 4 unspecified atom stereocenters. The number of ether oxygens (including phenoxy) is 2. The monoisotopic (exact) mass is 477 g/mol. The van der Waals surface area contributed by atoms with Crippen molar-refractivity contribution in [1.82, 2.24) is 15.3 Å². The number of nitrogens with zero attached hydrogens (tertiary/aromatic N) is 2. The van der Waals surface area contributed by atoms with Gasteiger partial charge in [0.15, 0.2) is 0 Å². The Balaban J connectivity index is 1.17. The third kappa shape index (κ3) is 4.95. The van der Waals surface area contributed by atoms with Gasteiger partial charge < -0.3 is 25.4 Å². The van der Waals surface area contributed by atoms with Crippen molar-refractivity contribution in [2.45, 2.75) is 62.1 Å². The van der Waals surface area contributed by atoms with Crippen LogP contribution in [0.5, 0.6) is 0 Å². The summed E-state index contributed by atoms with van der Waals surface area (Å²) >= 11 is 0. The number of fused-ring (bicyclic) bond motifs is 1. The Morgan fingerprint density at radius 2 is 1.76 bits per heavy atom. The second-order valence-corrected chi connectivity index (χ2v) is 8.92. The van der Waals surface area contributed by atoms with E-state index < -0.39 is 23.8 Å². The van der Waals surface area contributed by atoms with E-state index in [0.717, 1.165) is 30.7 Å². The Bertz CT molecular complexity index is 1030. The van der Waals surface area contributed by atoms with Gasteiger partial charge in [-0.05, 0) is 37.1 Å². The molecular weight excluding hydrogens is 451 g/mol. The van der Waals surface area contributed by atoms with Crippen molar-refractivity contribution in [3.05, 3.63) is 47.8 Å². The second-order valence-electron chi connectivity index (χ2n) is 8.92. The lowest BCUT2D eigenvalue weighted by Gasteiger charge is -2.19. The number of carbonyl (C=O) groups is 1. The predicted octanol–water partition coefficient (Wildman–Crippen LogP) is 3.92. The summed E-state index contributed by atoms with van der Waals surface area (Å²) < 4.78 is 50.5. The molecule has 3 aliphatic rings. The minimum Gasteiger partial charge on any atom is -0.371 e. The van der Waals surface area contributed by atoms with Crippen LogP contribution in [0.25, 0.3) is 0 Å². The molecule has 2 amide bonds. The number of anilines is 2. The minimum absolute atomic E-state index is 0.0500. The van der Waals surface area contributed by atoms with Crippen LogP contribution in [0.1, 0.15) is 42.9 Å². The third-order valence-corrected chi connectivity index (χ3v) is 6.58. The van der Waals surface area contributed by atoms with Gasteiger partial charge in [-0.1, -0.05) is 18.9 Å². The summed E-state index contributed by atoms with van der Waals surface area (Å²) in [7, 11) is 0. The first-order valence-electron chi connectivity index (χ1n) is 11.4. The van der Waals surface area contributed by atoms with Gasteiger partial charge in [0.1, 0.15) is 12.2 Å². The average Bonchev–Trinajstić information content (AvgIpc) is 3.54. The molecule has 1 aromatic carbocycles. The summed E-state index contributed by atoms with van der Waals surface area (Å²) in [6.45, 7) is 0.590. The van der Waals surface area contributed by atoms with Crippen molar-refractivity contribution in [1.29, 1.82) is 0 Å². The van der Waals surface area contributed by atoms with Crippen LogP contribution in [-0.4, -0.2) is 53.5 Å². The lowest BCUT2D eigenvalue weighted by molar-refractivity contribution is -0.137. The lowest BCUT2D eigenvalue weighted by atomic mass is 10.0. The topological polar surface area (TPSA) is 97.4 Å². The van der Waals surface area contributed by atoms with E-state index >= 15 is 0 Å². The molecule has 8 nitrogen and oxygen atoms in total. The molecular formula is C23H26F3N5O3. The van der Waals surface area contributed by atoms with Gasteiger partial charge in [-0.2, -0.15) is 13.2 Å². The number of hydrogen-bond donors (Lipinski definition) is 3. The summed E-state index contributed by atoms with van der Waals surface area (Å²) in [6.07, 6.45) is 1.32. The van der Waals surface area contributed by atoms with Gasteiger partial charge in [-0.15, -0.1) is 0 Å². The lowest BCUT2D eigenvalue weighted by Crippen LogP contribution is -2.46. The molecule has 34 heavy (non-hydrogen) atoms. The fraction of sp³-hybridized carbons (Fsp3) is 0.522. The normalized spacial score (nSPS) is 26.9. The number of nitrogens with one attached hydrogen (secondary N) is 3. The summed E-state index contributed by atoms with van der Waals surface area (Å²) in [4.78, 5) is 21.4. The maximum Gasteiger partial charge on any atom is 0.416 e. The van der Waals surface area contributed by atoms with Crippen LogP contribution in [0.2, 0.25) is 0 Å². The van der Waals surface area contributed by atoms with Crippen molar-refractivity contribution >= 4 is 17.7 Å². The Morgan fingerprint density at radius 3 is 2.53 bits per heavy atom. The highest BCUT2D eigenvalue weighted by atomic mass is 19.4. The van der Waals surface area contributed by atoms with E-state index in [9.17, 15) is 18.0 Å². The van der Waals surface area contributed by atoms with Crippen molar-refractivity contribution in [2.24, 2.45) is 0 Å². The van der Waals surface area contributed by atoms with Crippen LogP contribution >= 0.6 is 0 Å². The van der Waals surface area contributed by atoms with Gasteiger partial charge in [-0.25, -0.2) is 14.8 Å². The molecule has 0 bridgehead atoms. The molecule has 182 valence electrons. The van der Waals surface area contributed by atoms with Gasteiger partial charge in [0.05, 0.1) is 30.9 Å². The van der Waals surface area contributed by atoms with E-state index in [0.29, 0.717) is 18.5 Å². The molecule has 3 fully saturated rings. The van der Waals surface area contributed by atoms with E-state index in [1.165, 1.54) is 25.0 Å². The predicted molar refractivity (Wildman–Crippen MR) is 118 cm³/mol. The van der Waals surface area contributed by atoms with Gasteiger partial charge in [0, 0.05) is 23.5 Å². The van der Waals surface area contributed by atoms with Crippen LogP contribution in [0, 0.1) is 0 Å². The molecule has 5 rings (SSSR count). The maximum absolute atomic E-state index is 12.9. The Kier molecular flexibility index (Phi) is 6.30. The van der Waals surface area contributed by atoms with E-state index in [-0.39, 0.29) is 30.5 Å². The molecule has 0 radical (unpaired) electrons. The first-order valence-corrected chi connectivity index (χ1v) is 11.4. The van der Waals surface area contributed by atoms with Gasteiger partial charge >= 0.3 is 12.2 Å². The molecule has 4 atom stereocenters. The molecule has 1 saturated carbocycles.